The smallest absolute Gasteiger partial charge is 0.305 e. The van der Waals surface area contributed by atoms with Gasteiger partial charge >= 0.3 is 5.97 Å². The van der Waals surface area contributed by atoms with Crippen molar-refractivity contribution in [1.29, 1.82) is 0 Å². The van der Waals surface area contributed by atoms with Gasteiger partial charge in [-0.2, -0.15) is 0 Å². The lowest BCUT2D eigenvalue weighted by Gasteiger charge is -2.24. The Labute approximate surface area is 95.7 Å². The van der Waals surface area contributed by atoms with E-state index in [1.54, 1.807) is 0 Å². The van der Waals surface area contributed by atoms with Crippen molar-refractivity contribution in [3.05, 3.63) is 23.8 Å². The largest absolute Gasteiger partial charge is 0.481 e. The fraction of sp³-hybridized carbons (Fsp3) is 0.417. The number of rotatable bonds is 5. The van der Waals surface area contributed by atoms with Crippen molar-refractivity contribution >= 4 is 17.3 Å². The summed E-state index contributed by atoms with van der Waals surface area (Å²) in [6.45, 7) is 5.31. The van der Waals surface area contributed by atoms with E-state index in [1.807, 2.05) is 36.9 Å². The maximum Gasteiger partial charge on any atom is 0.305 e. The van der Waals surface area contributed by atoms with Gasteiger partial charge in [0, 0.05) is 24.5 Å². The lowest BCUT2D eigenvalue weighted by molar-refractivity contribution is -0.136. The van der Waals surface area contributed by atoms with Crippen LogP contribution in [0, 0.1) is 6.92 Å². The van der Waals surface area contributed by atoms with Crippen LogP contribution in [0.3, 0.4) is 0 Å². The van der Waals surface area contributed by atoms with Crippen molar-refractivity contribution in [3.8, 4) is 0 Å². The molecule has 1 aromatic carbocycles. The van der Waals surface area contributed by atoms with Crippen LogP contribution in [0.4, 0.5) is 11.4 Å². The highest BCUT2D eigenvalue weighted by molar-refractivity contribution is 5.68. The third-order valence-corrected chi connectivity index (χ3v) is 2.54. The number of benzene rings is 1. The molecule has 0 saturated heterocycles. The van der Waals surface area contributed by atoms with E-state index < -0.39 is 5.97 Å². The highest BCUT2D eigenvalue weighted by Gasteiger charge is 2.09. The van der Waals surface area contributed by atoms with Crippen LogP contribution in [0.2, 0.25) is 0 Å². The Morgan fingerprint density at radius 2 is 2.19 bits per heavy atom. The number of hydrogen-bond acceptors (Lipinski definition) is 3. The zero-order chi connectivity index (χ0) is 12.1. The summed E-state index contributed by atoms with van der Waals surface area (Å²) < 4.78 is 0. The fourth-order valence-electron chi connectivity index (χ4n) is 1.71. The number of aryl methyl sites for hydroxylation is 1. The first-order chi connectivity index (χ1) is 7.54. The van der Waals surface area contributed by atoms with Crippen molar-refractivity contribution < 1.29 is 9.90 Å². The van der Waals surface area contributed by atoms with E-state index in [9.17, 15) is 4.79 Å². The number of nitrogens with zero attached hydrogens (tertiary/aromatic N) is 1. The summed E-state index contributed by atoms with van der Waals surface area (Å²) in [5, 5.41) is 8.67. The van der Waals surface area contributed by atoms with Gasteiger partial charge in [-0.3, -0.25) is 4.79 Å². The van der Waals surface area contributed by atoms with Gasteiger partial charge in [-0.25, -0.2) is 0 Å². The summed E-state index contributed by atoms with van der Waals surface area (Å²) in [5.74, 6) is -0.772. The fourth-order valence-corrected chi connectivity index (χ4v) is 1.71. The molecule has 3 N–H and O–H groups in total. The quantitative estimate of drug-likeness (QED) is 0.746. The van der Waals surface area contributed by atoms with Crippen LogP contribution in [-0.2, 0) is 4.79 Å². The standard InChI is InChI=1S/C12H18N2O2/c1-3-14(7-6-12(15)16)11-5-4-10(13)8-9(11)2/h4-5,8H,3,6-7,13H2,1-2H3,(H,15,16). The Morgan fingerprint density at radius 3 is 2.69 bits per heavy atom. The van der Waals surface area contributed by atoms with Crippen LogP contribution in [0.5, 0.6) is 0 Å². The Kier molecular flexibility index (Phi) is 4.17. The number of carbonyl (C=O) groups is 1. The molecular weight excluding hydrogens is 204 g/mol. The van der Waals surface area contributed by atoms with Crippen molar-refractivity contribution in [2.24, 2.45) is 0 Å². The number of nitrogen functional groups attached to an aromatic ring is 1. The molecular formula is C12H18N2O2. The molecule has 0 heterocycles. The monoisotopic (exact) mass is 222 g/mol. The second-order valence-electron chi connectivity index (χ2n) is 3.77. The highest BCUT2D eigenvalue weighted by atomic mass is 16.4. The van der Waals surface area contributed by atoms with Crippen LogP contribution >= 0.6 is 0 Å². The summed E-state index contributed by atoms with van der Waals surface area (Å²) in [6.07, 6.45) is 0.150. The molecule has 0 atom stereocenters. The number of carboxylic acid groups (broad SMARTS) is 1. The van der Waals surface area contributed by atoms with Gasteiger partial charge < -0.3 is 15.7 Å². The van der Waals surface area contributed by atoms with Crippen molar-refractivity contribution in [3.63, 3.8) is 0 Å². The summed E-state index contributed by atoms with van der Waals surface area (Å²) in [7, 11) is 0. The van der Waals surface area contributed by atoms with Crippen molar-refractivity contribution in [1.82, 2.24) is 0 Å². The van der Waals surface area contributed by atoms with Crippen molar-refractivity contribution in [2.45, 2.75) is 20.3 Å². The average molecular weight is 222 g/mol. The Morgan fingerprint density at radius 1 is 1.50 bits per heavy atom. The van der Waals surface area contributed by atoms with E-state index in [4.69, 9.17) is 10.8 Å². The molecule has 0 spiro atoms. The molecule has 0 saturated carbocycles. The molecule has 4 nitrogen and oxygen atoms in total. The first-order valence-corrected chi connectivity index (χ1v) is 5.37. The molecule has 0 fully saturated rings. The summed E-state index contributed by atoms with van der Waals surface area (Å²) in [5.41, 5.74) is 8.54. The van der Waals surface area contributed by atoms with E-state index in [1.165, 1.54) is 0 Å². The van der Waals surface area contributed by atoms with E-state index in [0.29, 0.717) is 6.54 Å². The molecule has 0 unspecified atom stereocenters. The zero-order valence-corrected chi connectivity index (χ0v) is 9.73. The van der Waals surface area contributed by atoms with Crippen LogP contribution in [0.1, 0.15) is 18.9 Å². The lowest BCUT2D eigenvalue weighted by Crippen LogP contribution is -2.26. The third-order valence-electron chi connectivity index (χ3n) is 2.54. The predicted octanol–water partition coefficient (Wildman–Crippen LogP) is 1.88. The normalized spacial score (nSPS) is 10.1. The molecule has 1 rings (SSSR count). The maximum absolute atomic E-state index is 10.5. The molecule has 0 aromatic heterocycles. The number of anilines is 2. The van der Waals surface area contributed by atoms with Gasteiger partial charge in [-0.05, 0) is 37.6 Å². The van der Waals surface area contributed by atoms with Gasteiger partial charge in [-0.15, -0.1) is 0 Å². The van der Waals surface area contributed by atoms with Gasteiger partial charge in [0.05, 0.1) is 6.42 Å². The van der Waals surface area contributed by atoms with Gasteiger partial charge in [0.25, 0.3) is 0 Å². The number of aliphatic carboxylic acids is 1. The van der Waals surface area contributed by atoms with Crippen LogP contribution in [-0.4, -0.2) is 24.2 Å². The molecule has 4 heteroatoms. The minimum absolute atomic E-state index is 0.150. The molecule has 16 heavy (non-hydrogen) atoms. The molecule has 88 valence electrons. The van der Waals surface area contributed by atoms with Gasteiger partial charge in [-0.1, -0.05) is 0 Å². The first kappa shape index (κ1) is 12.4. The van der Waals surface area contributed by atoms with Gasteiger partial charge in [0.2, 0.25) is 0 Å². The third kappa shape index (κ3) is 3.15. The Bertz CT molecular complexity index is 377. The minimum Gasteiger partial charge on any atom is -0.481 e. The number of nitrogens with two attached hydrogens (primary N) is 1. The van der Waals surface area contributed by atoms with Gasteiger partial charge in [0.1, 0.15) is 0 Å². The van der Waals surface area contributed by atoms with E-state index in [2.05, 4.69) is 0 Å². The van der Waals surface area contributed by atoms with Gasteiger partial charge in [0.15, 0.2) is 0 Å². The molecule has 0 aliphatic carbocycles. The van der Waals surface area contributed by atoms with E-state index in [0.717, 1.165) is 23.5 Å². The molecule has 0 radical (unpaired) electrons. The second-order valence-corrected chi connectivity index (χ2v) is 3.77. The summed E-state index contributed by atoms with van der Waals surface area (Å²) >= 11 is 0. The van der Waals surface area contributed by atoms with Crippen molar-refractivity contribution in [2.75, 3.05) is 23.7 Å². The topological polar surface area (TPSA) is 66.6 Å². The van der Waals surface area contributed by atoms with E-state index >= 15 is 0 Å². The lowest BCUT2D eigenvalue weighted by atomic mass is 10.1. The SMILES string of the molecule is CCN(CCC(=O)O)c1ccc(N)cc1C. The number of carboxylic acids is 1. The average Bonchev–Trinajstić information content (AvgIpc) is 2.21. The summed E-state index contributed by atoms with van der Waals surface area (Å²) in [4.78, 5) is 12.6. The van der Waals surface area contributed by atoms with E-state index in [-0.39, 0.29) is 6.42 Å². The molecule has 0 aliphatic rings. The molecule has 1 aromatic rings. The number of hydrogen-bond donors (Lipinski definition) is 2. The Hall–Kier alpha value is -1.71. The van der Waals surface area contributed by atoms with Crippen LogP contribution < -0.4 is 10.6 Å². The highest BCUT2D eigenvalue weighted by Crippen LogP contribution is 2.22. The molecule has 0 bridgehead atoms. The zero-order valence-electron chi connectivity index (χ0n) is 9.73. The second kappa shape index (κ2) is 5.39. The summed E-state index contributed by atoms with van der Waals surface area (Å²) in [6, 6.07) is 5.68. The first-order valence-electron chi connectivity index (χ1n) is 5.37. The molecule has 0 amide bonds. The maximum atomic E-state index is 10.5. The van der Waals surface area contributed by atoms with Crippen LogP contribution in [0.25, 0.3) is 0 Å². The minimum atomic E-state index is -0.772. The molecule has 0 aliphatic heterocycles. The predicted molar refractivity (Wildman–Crippen MR) is 65.7 cm³/mol. The Balaban J connectivity index is 2.82. The van der Waals surface area contributed by atoms with Crippen LogP contribution in [0.15, 0.2) is 18.2 Å².